The molecule has 0 spiro atoms. The Kier molecular flexibility index (Phi) is 3.77. The average molecular weight is 247 g/mol. The summed E-state index contributed by atoms with van der Waals surface area (Å²) in [7, 11) is 1.42. The molecule has 0 aliphatic rings. The molecule has 1 aromatic heterocycles. The van der Waals surface area contributed by atoms with Crippen LogP contribution in [-0.4, -0.2) is 18.0 Å². The van der Waals surface area contributed by atoms with Crippen LogP contribution >= 0.6 is 10.7 Å². The summed E-state index contributed by atoms with van der Waals surface area (Å²) < 4.78 is 23.7. The third-order valence-electron chi connectivity index (χ3n) is 1.82. The lowest BCUT2D eigenvalue weighted by Crippen LogP contribution is -2.00. The molecule has 0 N–H and O–H groups in total. The normalized spacial score (nSPS) is 11.3. The van der Waals surface area contributed by atoms with Crippen LogP contribution in [0.25, 0.3) is 0 Å². The number of nitrogens with zero attached hydrogens (tertiary/aromatic N) is 2. The fourth-order valence-corrected chi connectivity index (χ4v) is 1.89. The molecule has 82 valence electrons. The number of aromatic nitrogens is 2. The second-order valence-corrected chi connectivity index (χ2v) is 5.53. The maximum atomic E-state index is 11.0. The van der Waals surface area contributed by atoms with Crippen molar-refractivity contribution < 1.29 is 8.42 Å². The Morgan fingerprint density at radius 3 is 2.80 bits per heavy atom. The van der Waals surface area contributed by atoms with E-state index >= 15 is 0 Å². The summed E-state index contributed by atoms with van der Waals surface area (Å²) in [4.78, 5) is 3.94. The molecule has 6 heteroatoms. The molecule has 0 radical (unpaired) electrons. The van der Waals surface area contributed by atoms with Gasteiger partial charge in [-0.3, -0.25) is 0 Å². The molecule has 0 bridgehead atoms. The fourth-order valence-electron chi connectivity index (χ4n) is 1.20. The maximum absolute atomic E-state index is 11.0. The van der Waals surface area contributed by atoms with Crippen molar-refractivity contribution >= 4 is 19.7 Å². The molecule has 1 rings (SSSR count). The highest BCUT2D eigenvalue weighted by Crippen LogP contribution is 2.15. The predicted molar refractivity (Wildman–Crippen MR) is 58.1 cm³/mol. The summed E-state index contributed by atoms with van der Waals surface area (Å²) in [6.45, 7) is 2.28. The van der Waals surface area contributed by atoms with Gasteiger partial charge >= 0.3 is 0 Å². The van der Waals surface area contributed by atoms with Crippen LogP contribution < -0.4 is 0 Å². The van der Waals surface area contributed by atoms with Gasteiger partial charge in [-0.2, -0.15) is 0 Å². The topological polar surface area (TPSA) is 52.0 Å². The van der Waals surface area contributed by atoms with Crippen LogP contribution in [0.5, 0.6) is 0 Å². The highest BCUT2D eigenvalue weighted by molar-refractivity contribution is 8.13. The van der Waals surface area contributed by atoms with Crippen molar-refractivity contribution in [3.63, 3.8) is 0 Å². The zero-order chi connectivity index (χ0) is 11.5. The van der Waals surface area contributed by atoms with Crippen LogP contribution in [0.3, 0.4) is 0 Å². The molecule has 1 aromatic rings. The molecule has 0 aromatic carbocycles. The minimum absolute atomic E-state index is 0.136. The third kappa shape index (κ3) is 2.98. The summed E-state index contributed by atoms with van der Waals surface area (Å²) in [6, 6.07) is 0. The van der Waals surface area contributed by atoms with Gasteiger partial charge in [0.05, 0.1) is 6.54 Å². The van der Waals surface area contributed by atoms with Gasteiger partial charge < -0.3 is 4.57 Å². The number of imidazole rings is 1. The van der Waals surface area contributed by atoms with Gasteiger partial charge in [-0.25, -0.2) is 13.4 Å². The van der Waals surface area contributed by atoms with Crippen molar-refractivity contribution in [2.75, 3.05) is 0 Å². The second kappa shape index (κ2) is 4.69. The first kappa shape index (κ1) is 12.1. The van der Waals surface area contributed by atoms with Crippen LogP contribution in [0.4, 0.5) is 0 Å². The van der Waals surface area contributed by atoms with Gasteiger partial charge in [-0.15, -0.1) is 6.42 Å². The number of halogens is 1. The first-order valence-electron chi connectivity index (χ1n) is 4.43. The first-order chi connectivity index (χ1) is 6.99. The summed E-state index contributed by atoms with van der Waals surface area (Å²) in [5, 5.41) is -0.136. The Labute approximate surface area is 93.7 Å². The first-order valence-corrected chi connectivity index (χ1v) is 6.74. The van der Waals surface area contributed by atoms with Crippen molar-refractivity contribution in [2.24, 2.45) is 0 Å². The van der Waals surface area contributed by atoms with Crippen LogP contribution in [-0.2, 0) is 22.0 Å². The van der Waals surface area contributed by atoms with Gasteiger partial charge in [-0.1, -0.05) is 12.8 Å². The lowest BCUT2D eigenvalue weighted by molar-refractivity contribution is 0.606. The van der Waals surface area contributed by atoms with Gasteiger partial charge in [0.25, 0.3) is 9.05 Å². The van der Waals surface area contributed by atoms with Gasteiger partial charge in [-0.05, 0) is 6.42 Å². The van der Waals surface area contributed by atoms with Gasteiger partial charge in [0.2, 0.25) is 0 Å². The molecule has 0 atom stereocenters. The summed E-state index contributed by atoms with van der Waals surface area (Å²) in [6.07, 6.45) is 8.07. The molecule has 1 heterocycles. The predicted octanol–water partition coefficient (Wildman–Crippen LogP) is 1.40. The number of hydrogen-bond donors (Lipinski definition) is 0. The van der Waals surface area contributed by atoms with E-state index in [0.29, 0.717) is 18.8 Å². The summed E-state index contributed by atoms with van der Waals surface area (Å²) in [5.74, 6) is 3.08. The van der Waals surface area contributed by atoms with E-state index in [1.807, 2.05) is 6.92 Å². The van der Waals surface area contributed by atoms with Crippen LogP contribution in [0, 0.1) is 12.3 Å². The summed E-state index contributed by atoms with van der Waals surface area (Å²) in [5.41, 5.74) is 0. The molecular formula is C9H11ClN2O2S. The van der Waals surface area contributed by atoms with E-state index in [-0.39, 0.29) is 5.03 Å². The molecule has 0 saturated carbocycles. The zero-order valence-corrected chi connectivity index (χ0v) is 9.85. The van der Waals surface area contributed by atoms with Crippen molar-refractivity contribution in [1.82, 2.24) is 9.55 Å². The Balaban J connectivity index is 3.16. The molecule has 0 aliphatic carbocycles. The monoisotopic (exact) mass is 246 g/mol. The van der Waals surface area contributed by atoms with Crippen LogP contribution in [0.1, 0.15) is 19.2 Å². The Bertz CT molecular complexity index is 485. The minimum atomic E-state index is -3.77. The van der Waals surface area contributed by atoms with Gasteiger partial charge in [0, 0.05) is 23.3 Å². The van der Waals surface area contributed by atoms with Crippen LogP contribution in [0.15, 0.2) is 11.2 Å². The SMILES string of the molecule is C#CCn1cc(S(=O)(=O)Cl)nc1CCC. The molecular weight excluding hydrogens is 236 g/mol. The van der Waals surface area contributed by atoms with Crippen molar-refractivity contribution in [2.45, 2.75) is 31.3 Å². The number of terminal acetylenes is 1. The van der Waals surface area contributed by atoms with Gasteiger partial charge in [0.1, 0.15) is 5.82 Å². The van der Waals surface area contributed by atoms with E-state index < -0.39 is 9.05 Å². The quantitative estimate of drug-likeness (QED) is 0.596. The van der Waals surface area contributed by atoms with E-state index in [1.54, 1.807) is 4.57 Å². The van der Waals surface area contributed by atoms with E-state index in [1.165, 1.54) is 6.20 Å². The second-order valence-electron chi connectivity index (χ2n) is 3.02. The van der Waals surface area contributed by atoms with Crippen molar-refractivity contribution in [1.29, 1.82) is 0 Å². The standard InChI is InChI=1S/C9H11ClN2O2S/c1-3-5-8-11-9(15(10,13)14)7-12(8)6-4-2/h2,7H,3,5-6H2,1H3. The highest BCUT2D eigenvalue weighted by atomic mass is 35.7. The Morgan fingerprint density at radius 2 is 2.33 bits per heavy atom. The molecule has 0 unspecified atom stereocenters. The van der Waals surface area contributed by atoms with E-state index in [0.717, 1.165) is 6.42 Å². The smallest absolute Gasteiger partial charge is 0.280 e. The molecule has 0 amide bonds. The molecule has 15 heavy (non-hydrogen) atoms. The highest BCUT2D eigenvalue weighted by Gasteiger charge is 2.16. The zero-order valence-electron chi connectivity index (χ0n) is 8.27. The summed E-state index contributed by atoms with van der Waals surface area (Å²) >= 11 is 0. The Morgan fingerprint density at radius 1 is 1.67 bits per heavy atom. The maximum Gasteiger partial charge on any atom is 0.280 e. The van der Waals surface area contributed by atoms with Gasteiger partial charge in [0.15, 0.2) is 5.03 Å². The fraction of sp³-hybridized carbons (Fsp3) is 0.444. The largest absolute Gasteiger partial charge is 0.322 e. The van der Waals surface area contributed by atoms with Crippen molar-refractivity contribution in [3.05, 3.63) is 12.0 Å². The van der Waals surface area contributed by atoms with Crippen LogP contribution in [0.2, 0.25) is 0 Å². The lowest BCUT2D eigenvalue weighted by atomic mass is 10.3. The van der Waals surface area contributed by atoms with Crippen molar-refractivity contribution in [3.8, 4) is 12.3 Å². The molecule has 4 nitrogen and oxygen atoms in total. The number of hydrogen-bond acceptors (Lipinski definition) is 3. The van der Waals surface area contributed by atoms with E-state index in [2.05, 4.69) is 10.9 Å². The number of aryl methyl sites for hydroxylation is 1. The molecule has 0 saturated heterocycles. The molecule has 0 fully saturated rings. The van der Waals surface area contributed by atoms with E-state index in [4.69, 9.17) is 17.1 Å². The Hall–Kier alpha value is -0.990. The third-order valence-corrected chi connectivity index (χ3v) is 2.99. The minimum Gasteiger partial charge on any atom is -0.322 e. The average Bonchev–Trinajstić information content (AvgIpc) is 2.50. The van der Waals surface area contributed by atoms with E-state index in [9.17, 15) is 8.42 Å². The lowest BCUT2D eigenvalue weighted by Gasteiger charge is -2.00. The molecule has 0 aliphatic heterocycles. The number of rotatable bonds is 4.